The minimum Gasteiger partial charge on any atom is -0.493 e. The van der Waals surface area contributed by atoms with E-state index in [4.69, 9.17) is 25.9 Å². The van der Waals surface area contributed by atoms with Crippen LogP contribution in [0.25, 0.3) is 6.08 Å². The number of carbonyl (C=O) groups excluding carboxylic acids is 1. The summed E-state index contributed by atoms with van der Waals surface area (Å²) in [7, 11) is -2.62. The lowest BCUT2D eigenvalue weighted by Crippen LogP contribution is -2.32. The Morgan fingerprint density at radius 2 is 1.85 bits per heavy atom. The highest BCUT2D eigenvalue weighted by molar-refractivity contribution is 7.87. The molecular formula is C23H26N2O6S2. The largest absolute Gasteiger partial charge is 0.493 e. The summed E-state index contributed by atoms with van der Waals surface area (Å²) >= 11 is 5.27. The molecule has 0 unspecified atom stereocenters. The van der Waals surface area contributed by atoms with E-state index >= 15 is 0 Å². The molecule has 1 amide bonds. The van der Waals surface area contributed by atoms with Crippen LogP contribution in [0.15, 0.2) is 53.1 Å². The van der Waals surface area contributed by atoms with Crippen molar-refractivity contribution in [1.29, 1.82) is 0 Å². The van der Waals surface area contributed by atoms with Crippen LogP contribution >= 0.6 is 12.2 Å². The van der Waals surface area contributed by atoms with Gasteiger partial charge in [0.1, 0.15) is 10.6 Å². The molecule has 0 bridgehead atoms. The maximum absolute atomic E-state index is 12.7. The van der Waals surface area contributed by atoms with Gasteiger partial charge in [-0.1, -0.05) is 23.8 Å². The van der Waals surface area contributed by atoms with Crippen LogP contribution < -0.4 is 14.2 Å². The number of aryl methyl sites for hydroxylation is 1. The first-order valence-electron chi connectivity index (χ1n) is 10.4. The van der Waals surface area contributed by atoms with Crippen molar-refractivity contribution in [1.82, 2.24) is 10.2 Å². The molecule has 0 aliphatic carbocycles. The van der Waals surface area contributed by atoms with Gasteiger partial charge in [0.05, 0.1) is 7.11 Å². The van der Waals surface area contributed by atoms with Crippen molar-refractivity contribution in [3.63, 3.8) is 0 Å². The molecule has 3 rings (SSSR count). The number of nitrogens with zero attached hydrogens (tertiary/aromatic N) is 1. The molecule has 1 saturated heterocycles. The standard InChI is InChI=1S/C23H26N2O6S2/c1-4-30-13-5-12-25-22(26)19(24-23(25)32)14-17-8-11-20(21(15-17)29-3)31-33(27,28)18-9-6-16(2)7-10-18/h6-11,14-15H,4-5,12-13H2,1-3H3,(H,24,32)/b19-14-. The third-order valence-electron chi connectivity index (χ3n) is 4.84. The van der Waals surface area contributed by atoms with Crippen molar-refractivity contribution in [2.24, 2.45) is 0 Å². The van der Waals surface area contributed by atoms with Crippen LogP contribution in [0, 0.1) is 6.92 Å². The van der Waals surface area contributed by atoms with Crippen LogP contribution in [-0.2, 0) is 19.6 Å². The minimum atomic E-state index is -4.03. The normalized spacial score (nSPS) is 15.1. The molecule has 2 aromatic rings. The predicted molar refractivity (Wildman–Crippen MR) is 129 cm³/mol. The highest BCUT2D eigenvalue weighted by Gasteiger charge is 2.30. The van der Waals surface area contributed by atoms with E-state index in [9.17, 15) is 13.2 Å². The number of rotatable bonds is 10. The summed E-state index contributed by atoms with van der Waals surface area (Å²) in [6.07, 6.45) is 2.29. The van der Waals surface area contributed by atoms with Gasteiger partial charge in [-0.3, -0.25) is 9.69 Å². The van der Waals surface area contributed by atoms with E-state index in [-0.39, 0.29) is 22.3 Å². The van der Waals surface area contributed by atoms with Crippen molar-refractivity contribution in [2.45, 2.75) is 25.2 Å². The van der Waals surface area contributed by atoms with E-state index in [1.807, 2.05) is 13.8 Å². The van der Waals surface area contributed by atoms with Gasteiger partial charge < -0.3 is 19.0 Å². The number of thiocarbonyl (C=S) groups is 1. The van der Waals surface area contributed by atoms with Crippen molar-refractivity contribution in [3.8, 4) is 11.5 Å². The summed E-state index contributed by atoms with van der Waals surface area (Å²) in [6.45, 7) is 5.40. The smallest absolute Gasteiger partial charge is 0.339 e. The highest BCUT2D eigenvalue weighted by atomic mass is 32.2. The SMILES string of the molecule is CCOCCCN1C(=O)/C(=C/c2ccc(OS(=O)(=O)c3ccc(C)cc3)c(OC)c2)NC1=S. The molecule has 2 aromatic carbocycles. The van der Waals surface area contributed by atoms with Crippen LogP contribution in [0.3, 0.4) is 0 Å². The maximum atomic E-state index is 12.7. The molecule has 176 valence electrons. The van der Waals surface area contributed by atoms with Gasteiger partial charge in [-0.2, -0.15) is 8.42 Å². The van der Waals surface area contributed by atoms with Crippen molar-refractivity contribution in [3.05, 3.63) is 59.3 Å². The number of benzene rings is 2. The monoisotopic (exact) mass is 490 g/mol. The molecule has 1 heterocycles. The molecular weight excluding hydrogens is 464 g/mol. The van der Waals surface area contributed by atoms with Crippen LogP contribution in [0.2, 0.25) is 0 Å². The molecule has 0 radical (unpaired) electrons. The molecule has 1 aliphatic heterocycles. The van der Waals surface area contributed by atoms with Crippen molar-refractivity contribution < 1.29 is 26.9 Å². The van der Waals surface area contributed by atoms with Gasteiger partial charge in [0.25, 0.3) is 5.91 Å². The molecule has 0 saturated carbocycles. The summed E-state index contributed by atoms with van der Waals surface area (Å²) in [5.41, 5.74) is 1.87. The quantitative estimate of drug-likeness (QED) is 0.235. The average molecular weight is 491 g/mol. The number of amides is 1. The fourth-order valence-electron chi connectivity index (χ4n) is 3.12. The third-order valence-corrected chi connectivity index (χ3v) is 6.42. The summed E-state index contributed by atoms with van der Waals surface area (Å²) in [5, 5.41) is 3.25. The molecule has 1 N–H and O–H groups in total. The van der Waals surface area contributed by atoms with E-state index in [0.717, 1.165) is 5.56 Å². The third kappa shape index (κ3) is 6.10. The van der Waals surface area contributed by atoms with E-state index in [0.29, 0.717) is 42.6 Å². The number of hydrogen-bond acceptors (Lipinski definition) is 7. The lowest BCUT2D eigenvalue weighted by molar-refractivity contribution is -0.122. The van der Waals surface area contributed by atoms with Crippen molar-refractivity contribution in [2.75, 3.05) is 26.9 Å². The summed E-state index contributed by atoms with van der Waals surface area (Å²) in [6, 6.07) is 11.0. The Labute approximate surface area is 199 Å². The van der Waals surface area contributed by atoms with Crippen LogP contribution in [0.4, 0.5) is 0 Å². The fourth-order valence-corrected chi connectivity index (χ4v) is 4.35. The van der Waals surface area contributed by atoms with Crippen molar-refractivity contribution >= 4 is 39.4 Å². The second-order valence-electron chi connectivity index (χ2n) is 7.26. The number of carbonyl (C=O) groups is 1. The fraction of sp³-hybridized carbons (Fsp3) is 0.304. The van der Waals surface area contributed by atoms with Gasteiger partial charge in [0, 0.05) is 19.8 Å². The van der Waals surface area contributed by atoms with Crippen LogP contribution in [0.5, 0.6) is 11.5 Å². The van der Waals surface area contributed by atoms with Gasteiger partial charge >= 0.3 is 10.1 Å². The molecule has 1 fully saturated rings. The maximum Gasteiger partial charge on any atom is 0.339 e. The summed E-state index contributed by atoms with van der Waals surface area (Å²) in [5.74, 6) is 0.0124. The van der Waals surface area contributed by atoms with E-state index in [2.05, 4.69) is 5.32 Å². The topological polar surface area (TPSA) is 94.2 Å². The lowest BCUT2D eigenvalue weighted by Gasteiger charge is -2.13. The van der Waals surface area contributed by atoms with Gasteiger partial charge in [0.15, 0.2) is 16.6 Å². The number of hydrogen-bond donors (Lipinski definition) is 1. The van der Waals surface area contributed by atoms with Gasteiger partial charge in [0.2, 0.25) is 0 Å². The first-order valence-corrected chi connectivity index (χ1v) is 12.2. The van der Waals surface area contributed by atoms with Gasteiger partial charge in [-0.15, -0.1) is 0 Å². The number of ether oxygens (including phenoxy) is 2. The van der Waals surface area contributed by atoms with E-state index in [1.165, 1.54) is 30.2 Å². The Bertz CT molecular complexity index is 1160. The first kappa shape index (κ1) is 24.7. The zero-order valence-corrected chi connectivity index (χ0v) is 20.3. The molecule has 0 aromatic heterocycles. The predicted octanol–water partition coefficient (Wildman–Crippen LogP) is 3.26. The Balaban J connectivity index is 1.77. The van der Waals surface area contributed by atoms with Gasteiger partial charge in [-0.05, 0) is 68.4 Å². The first-order chi connectivity index (χ1) is 15.7. The Kier molecular flexibility index (Phi) is 8.06. The Morgan fingerprint density at radius 1 is 1.12 bits per heavy atom. The minimum absolute atomic E-state index is 0.0407. The molecule has 0 spiro atoms. The molecule has 8 nitrogen and oxygen atoms in total. The molecule has 10 heteroatoms. The van der Waals surface area contributed by atoms with Crippen LogP contribution in [0.1, 0.15) is 24.5 Å². The van der Waals surface area contributed by atoms with Crippen LogP contribution in [-0.4, -0.2) is 51.2 Å². The lowest BCUT2D eigenvalue weighted by atomic mass is 10.1. The summed E-state index contributed by atoms with van der Waals surface area (Å²) in [4.78, 5) is 14.2. The Hall–Kier alpha value is -2.95. The average Bonchev–Trinajstić information content (AvgIpc) is 3.05. The summed E-state index contributed by atoms with van der Waals surface area (Å²) < 4.78 is 41.2. The number of methoxy groups -OCH3 is 1. The van der Waals surface area contributed by atoms with E-state index < -0.39 is 10.1 Å². The molecule has 0 atom stereocenters. The van der Waals surface area contributed by atoms with E-state index in [1.54, 1.807) is 30.3 Å². The second-order valence-corrected chi connectivity index (χ2v) is 9.19. The Morgan fingerprint density at radius 3 is 2.52 bits per heavy atom. The zero-order chi connectivity index (χ0) is 24.0. The molecule has 33 heavy (non-hydrogen) atoms. The second kappa shape index (κ2) is 10.8. The molecule has 1 aliphatic rings. The van der Waals surface area contributed by atoms with Gasteiger partial charge in [-0.25, -0.2) is 0 Å². The number of nitrogens with one attached hydrogen (secondary N) is 1. The zero-order valence-electron chi connectivity index (χ0n) is 18.7. The highest BCUT2D eigenvalue weighted by Crippen LogP contribution is 2.32.